The third kappa shape index (κ3) is 8.73. The van der Waals surface area contributed by atoms with E-state index in [9.17, 15) is 24.0 Å². The summed E-state index contributed by atoms with van der Waals surface area (Å²) < 4.78 is 0. The van der Waals surface area contributed by atoms with Crippen molar-refractivity contribution < 1.29 is 24.0 Å². The molecule has 208 valence electrons. The van der Waals surface area contributed by atoms with Gasteiger partial charge in [-0.2, -0.15) is 0 Å². The van der Waals surface area contributed by atoms with Crippen LogP contribution in [0.5, 0.6) is 0 Å². The lowest BCUT2D eigenvalue weighted by Crippen LogP contribution is -2.57. The van der Waals surface area contributed by atoms with Crippen LogP contribution in [0.2, 0.25) is 0 Å². The first-order valence-corrected chi connectivity index (χ1v) is 13.4. The molecule has 4 amide bonds. The summed E-state index contributed by atoms with van der Waals surface area (Å²) in [5.41, 5.74) is 1.17. The Labute approximate surface area is 228 Å². The number of nitrogens with zero attached hydrogens (tertiary/aromatic N) is 1. The highest BCUT2D eigenvalue weighted by molar-refractivity contribution is 6.38. The number of hydrogen-bond acceptors (Lipinski definition) is 6. The molecule has 3 atom stereocenters. The van der Waals surface area contributed by atoms with Crippen LogP contribution in [0.3, 0.4) is 0 Å². The molecule has 1 heterocycles. The largest absolute Gasteiger partial charge is 0.347 e. The van der Waals surface area contributed by atoms with Crippen LogP contribution in [0, 0.1) is 5.92 Å². The predicted octanol–water partition coefficient (Wildman–Crippen LogP) is 1.70. The number of rotatable bonds is 12. The fraction of sp³-hybridized carbons (Fsp3) is 0.448. The number of Topliss-reactive ketones (excluding diaryl/α,β-unsaturated/α-hetero) is 1. The molecular weight excluding hydrogens is 498 g/mol. The molecule has 10 nitrogen and oxygen atoms in total. The van der Waals surface area contributed by atoms with Crippen LogP contribution in [0.15, 0.2) is 54.9 Å². The number of hydrogen-bond donors (Lipinski definition) is 4. The van der Waals surface area contributed by atoms with E-state index in [2.05, 4.69) is 26.3 Å². The molecule has 39 heavy (non-hydrogen) atoms. The van der Waals surface area contributed by atoms with E-state index in [4.69, 9.17) is 0 Å². The molecule has 1 aliphatic carbocycles. The first-order chi connectivity index (χ1) is 18.7. The molecule has 0 spiro atoms. The lowest BCUT2D eigenvalue weighted by molar-refractivity contribution is -0.141. The van der Waals surface area contributed by atoms with Crippen molar-refractivity contribution >= 4 is 29.4 Å². The minimum Gasteiger partial charge on any atom is -0.347 e. The average Bonchev–Trinajstić information content (AvgIpc) is 3.44. The zero-order valence-corrected chi connectivity index (χ0v) is 22.6. The van der Waals surface area contributed by atoms with Crippen molar-refractivity contribution in [3.63, 3.8) is 0 Å². The van der Waals surface area contributed by atoms with Crippen molar-refractivity contribution in [3.05, 3.63) is 66.0 Å². The van der Waals surface area contributed by atoms with Gasteiger partial charge in [0.1, 0.15) is 12.1 Å². The minimum absolute atomic E-state index is 0.0212. The maximum absolute atomic E-state index is 13.2. The molecule has 2 aromatic rings. The molecular formula is C29H37N5O5. The molecule has 1 aromatic carbocycles. The first-order valence-electron chi connectivity index (χ1n) is 13.4. The van der Waals surface area contributed by atoms with Crippen molar-refractivity contribution in [1.82, 2.24) is 26.3 Å². The summed E-state index contributed by atoms with van der Waals surface area (Å²) in [6.07, 6.45) is 6.85. The van der Waals surface area contributed by atoms with E-state index < -0.39 is 47.5 Å². The second-order valence-corrected chi connectivity index (χ2v) is 10.2. The maximum atomic E-state index is 13.2. The summed E-state index contributed by atoms with van der Waals surface area (Å²) in [5, 5.41) is 10.8. The monoisotopic (exact) mass is 535 g/mol. The highest BCUT2D eigenvalue weighted by Crippen LogP contribution is 2.17. The summed E-state index contributed by atoms with van der Waals surface area (Å²) in [6, 6.07) is 9.20. The van der Waals surface area contributed by atoms with E-state index in [1.807, 2.05) is 30.3 Å². The molecule has 10 heteroatoms. The van der Waals surface area contributed by atoms with E-state index in [-0.39, 0.29) is 18.4 Å². The summed E-state index contributed by atoms with van der Waals surface area (Å²) in [6.45, 7) is 4.96. The third-order valence-electron chi connectivity index (χ3n) is 6.76. The quantitative estimate of drug-likeness (QED) is 0.304. The molecule has 1 fully saturated rings. The van der Waals surface area contributed by atoms with Crippen LogP contribution in [0.1, 0.15) is 62.4 Å². The van der Waals surface area contributed by atoms with Gasteiger partial charge in [-0.1, -0.05) is 57.0 Å². The number of benzene rings is 1. The van der Waals surface area contributed by atoms with Gasteiger partial charge in [0.25, 0.3) is 11.8 Å². The minimum atomic E-state index is -1.04. The number of ketones is 1. The lowest BCUT2D eigenvalue weighted by atomic mass is 9.98. The van der Waals surface area contributed by atoms with Gasteiger partial charge in [-0.15, -0.1) is 0 Å². The Morgan fingerprint density at radius 3 is 2.10 bits per heavy atom. The molecule has 1 aliphatic rings. The Morgan fingerprint density at radius 2 is 1.49 bits per heavy atom. The zero-order chi connectivity index (χ0) is 28.4. The number of aromatic nitrogens is 1. The number of pyridine rings is 1. The van der Waals surface area contributed by atoms with E-state index in [1.54, 1.807) is 13.8 Å². The Bertz CT molecular complexity index is 1150. The van der Waals surface area contributed by atoms with E-state index in [0.29, 0.717) is 5.56 Å². The zero-order valence-electron chi connectivity index (χ0n) is 22.6. The number of carbonyl (C=O) groups excluding carboxylic acids is 5. The van der Waals surface area contributed by atoms with Gasteiger partial charge in [-0.25, -0.2) is 0 Å². The van der Waals surface area contributed by atoms with Crippen LogP contribution in [0.25, 0.3) is 0 Å². The van der Waals surface area contributed by atoms with Crippen LogP contribution in [-0.4, -0.2) is 58.6 Å². The van der Waals surface area contributed by atoms with E-state index >= 15 is 0 Å². The van der Waals surface area contributed by atoms with Gasteiger partial charge in [0, 0.05) is 30.4 Å². The highest BCUT2D eigenvalue weighted by atomic mass is 16.2. The second kappa shape index (κ2) is 14.2. The van der Waals surface area contributed by atoms with Crippen molar-refractivity contribution in [3.8, 4) is 0 Å². The molecule has 4 N–H and O–H groups in total. The third-order valence-corrected chi connectivity index (χ3v) is 6.76. The van der Waals surface area contributed by atoms with Crippen molar-refractivity contribution in [2.45, 2.75) is 77.0 Å². The van der Waals surface area contributed by atoms with Crippen LogP contribution in [-0.2, 0) is 25.6 Å². The maximum Gasteiger partial charge on any atom is 0.289 e. The molecule has 1 saturated carbocycles. The first kappa shape index (κ1) is 29.5. The summed E-state index contributed by atoms with van der Waals surface area (Å²) in [4.78, 5) is 68.3. The fourth-order valence-corrected chi connectivity index (χ4v) is 4.46. The van der Waals surface area contributed by atoms with Crippen molar-refractivity contribution in [1.29, 1.82) is 0 Å². The van der Waals surface area contributed by atoms with Gasteiger partial charge < -0.3 is 21.3 Å². The second-order valence-electron chi connectivity index (χ2n) is 10.2. The molecule has 0 bridgehead atoms. The lowest BCUT2D eigenvalue weighted by Gasteiger charge is -2.25. The number of nitrogens with one attached hydrogen (secondary N) is 4. The van der Waals surface area contributed by atoms with Crippen molar-refractivity contribution in [2.24, 2.45) is 5.92 Å². The standard InChI is InChI=1S/C29H37N5O5/c1-18(2)24(25(35)29(39)32-22-11-7-8-12-22)34-26(36)19(3)31-28(38)23(17-20-9-5-4-6-10-20)33-27(37)21-13-15-30-16-14-21/h4-6,9-10,13-16,18-19,22-24H,7-8,11-12,17H2,1-3H3,(H,31,38)(H,32,39)(H,33,37)(H,34,36)/t19-,23-,24-/m0/s1. The molecule has 0 radical (unpaired) electrons. The van der Waals surface area contributed by atoms with Gasteiger partial charge in [-0.3, -0.25) is 29.0 Å². The average molecular weight is 536 g/mol. The smallest absolute Gasteiger partial charge is 0.289 e. The normalized spacial score (nSPS) is 15.6. The summed E-state index contributed by atoms with van der Waals surface area (Å²) in [7, 11) is 0. The SMILES string of the molecule is CC(C)[C@H](NC(=O)[C@H](C)NC(=O)[C@H](Cc1ccccc1)NC(=O)c1ccncc1)C(=O)C(=O)NC1CCCC1. The summed E-state index contributed by atoms with van der Waals surface area (Å²) in [5.74, 6) is -3.39. The Balaban J connectivity index is 1.65. The van der Waals surface area contributed by atoms with E-state index in [0.717, 1.165) is 31.2 Å². The predicted molar refractivity (Wildman–Crippen MR) is 145 cm³/mol. The Hall–Kier alpha value is -4.08. The molecule has 0 aliphatic heterocycles. The topological polar surface area (TPSA) is 146 Å². The summed E-state index contributed by atoms with van der Waals surface area (Å²) >= 11 is 0. The van der Waals surface area contributed by atoms with Gasteiger partial charge in [0.15, 0.2) is 0 Å². The number of carbonyl (C=O) groups is 5. The van der Waals surface area contributed by atoms with Gasteiger partial charge in [0.05, 0.1) is 6.04 Å². The molecule has 1 aromatic heterocycles. The fourth-order valence-electron chi connectivity index (χ4n) is 4.46. The van der Waals surface area contributed by atoms with Crippen LogP contribution in [0.4, 0.5) is 0 Å². The van der Waals surface area contributed by atoms with E-state index in [1.165, 1.54) is 31.5 Å². The van der Waals surface area contributed by atoms with Crippen molar-refractivity contribution in [2.75, 3.05) is 0 Å². The van der Waals surface area contributed by atoms with Gasteiger partial charge in [0.2, 0.25) is 17.6 Å². The molecule has 0 unspecified atom stereocenters. The van der Waals surface area contributed by atoms with Gasteiger partial charge >= 0.3 is 0 Å². The molecule has 3 rings (SSSR count). The molecule has 0 saturated heterocycles. The number of amides is 4. The van der Waals surface area contributed by atoms with Gasteiger partial charge in [-0.05, 0) is 43.4 Å². The highest BCUT2D eigenvalue weighted by Gasteiger charge is 2.33. The van der Waals surface area contributed by atoms with Crippen LogP contribution < -0.4 is 21.3 Å². The van der Waals surface area contributed by atoms with Crippen LogP contribution >= 0.6 is 0 Å². The Morgan fingerprint density at radius 1 is 0.846 bits per heavy atom. The Kier molecular flexibility index (Phi) is 10.7.